The molecule has 0 saturated carbocycles. The summed E-state index contributed by atoms with van der Waals surface area (Å²) < 4.78 is 0. The Hall–Kier alpha value is -1.59. The molecule has 0 aliphatic heterocycles. The van der Waals surface area contributed by atoms with Crippen molar-refractivity contribution in [3.05, 3.63) is 0 Å². The van der Waals surface area contributed by atoms with Crippen LogP contribution in [-0.2, 0) is 14.4 Å². The van der Waals surface area contributed by atoms with Gasteiger partial charge in [-0.3, -0.25) is 9.59 Å². The molecule has 0 radical (unpaired) electrons. The molecule has 80 valence electrons. The number of hydrogen-bond donors (Lipinski definition) is 3. The van der Waals surface area contributed by atoms with E-state index < -0.39 is 23.9 Å². The van der Waals surface area contributed by atoms with Crippen molar-refractivity contribution in [2.45, 2.75) is 32.2 Å². The number of hydrogen-bond acceptors (Lipinski definition) is 3. The van der Waals surface area contributed by atoms with E-state index in [4.69, 9.17) is 10.2 Å². The van der Waals surface area contributed by atoms with E-state index in [0.717, 1.165) is 0 Å². The van der Waals surface area contributed by atoms with Gasteiger partial charge in [0.15, 0.2) is 0 Å². The molecule has 0 aromatic heterocycles. The molecule has 6 heteroatoms. The Morgan fingerprint density at radius 2 is 1.86 bits per heavy atom. The van der Waals surface area contributed by atoms with Crippen molar-refractivity contribution >= 4 is 17.8 Å². The van der Waals surface area contributed by atoms with E-state index in [2.05, 4.69) is 5.32 Å². The van der Waals surface area contributed by atoms with Gasteiger partial charge in [-0.25, -0.2) is 4.79 Å². The molecule has 0 fully saturated rings. The fourth-order valence-electron chi connectivity index (χ4n) is 0.822. The van der Waals surface area contributed by atoms with Crippen LogP contribution in [0.1, 0.15) is 26.2 Å². The molecule has 1 unspecified atom stereocenters. The van der Waals surface area contributed by atoms with E-state index >= 15 is 0 Å². The highest BCUT2D eigenvalue weighted by atomic mass is 16.4. The standard InChI is InChI=1S/C8H13NO5/c1-2-6(10)9-5(8(13)14)3-4-7(11)12/h5H,2-4H2,1H3,(H,9,10)(H,11,12)(H,13,14). The minimum Gasteiger partial charge on any atom is -0.481 e. The molecule has 1 amide bonds. The van der Waals surface area contributed by atoms with Crippen LogP contribution in [0.5, 0.6) is 0 Å². The van der Waals surface area contributed by atoms with Crippen LogP contribution in [0.3, 0.4) is 0 Å². The summed E-state index contributed by atoms with van der Waals surface area (Å²) in [4.78, 5) is 31.6. The SMILES string of the molecule is CCC(=O)NC(CCC(=O)O)C(=O)O. The van der Waals surface area contributed by atoms with E-state index in [-0.39, 0.29) is 19.3 Å². The third-order valence-electron chi connectivity index (χ3n) is 1.60. The number of rotatable bonds is 6. The molecular weight excluding hydrogens is 190 g/mol. The first-order chi connectivity index (χ1) is 6.47. The second kappa shape index (κ2) is 5.95. The zero-order chi connectivity index (χ0) is 11.1. The highest BCUT2D eigenvalue weighted by Gasteiger charge is 2.19. The summed E-state index contributed by atoms with van der Waals surface area (Å²) in [6.45, 7) is 1.59. The van der Waals surface area contributed by atoms with Crippen molar-refractivity contribution in [2.24, 2.45) is 0 Å². The van der Waals surface area contributed by atoms with Crippen molar-refractivity contribution in [3.8, 4) is 0 Å². The maximum atomic E-state index is 10.8. The van der Waals surface area contributed by atoms with Gasteiger partial charge in [0.1, 0.15) is 6.04 Å². The van der Waals surface area contributed by atoms with Crippen LogP contribution in [0.25, 0.3) is 0 Å². The number of nitrogens with one attached hydrogen (secondary N) is 1. The average Bonchev–Trinajstić information content (AvgIpc) is 2.10. The van der Waals surface area contributed by atoms with E-state index in [1.807, 2.05) is 0 Å². The maximum Gasteiger partial charge on any atom is 0.326 e. The van der Waals surface area contributed by atoms with E-state index in [0.29, 0.717) is 0 Å². The first kappa shape index (κ1) is 12.4. The van der Waals surface area contributed by atoms with Crippen molar-refractivity contribution < 1.29 is 24.6 Å². The Labute approximate surface area is 80.9 Å². The smallest absolute Gasteiger partial charge is 0.326 e. The normalized spacial score (nSPS) is 11.8. The summed E-state index contributed by atoms with van der Waals surface area (Å²) in [6.07, 6.45) is -0.200. The summed E-state index contributed by atoms with van der Waals surface area (Å²) in [5, 5.41) is 19.2. The van der Waals surface area contributed by atoms with E-state index in [9.17, 15) is 14.4 Å². The molecule has 3 N–H and O–H groups in total. The fourth-order valence-corrected chi connectivity index (χ4v) is 0.822. The van der Waals surface area contributed by atoms with Crippen LogP contribution in [0, 0.1) is 0 Å². The Morgan fingerprint density at radius 1 is 1.29 bits per heavy atom. The molecule has 6 nitrogen and oxygen atoms in total. The Morgan fingerprint density at radius 3 is 2.21 bits per heavy atom. The van der Waals surface area contributed by atoms with E-state index in [1.54, 1.807) is 6.92 Å². The average molecular weight is 203 g/mol. The van der Waals surface area contributed by atoms with Crippen molar-refractivity contribution in [2.75, 3.05) is 0 Å². The van der Waals surface area contributed by atoms with Crippen molar-refractivity contribution in [1.82, 2.24) is 5.32 Å². The van der Waals surface area contributed by atoms with Crippen LogP contribution >= 0.6 is 0 Å². The molecule has 0 aromatic carbocycles. The van der Waals surface area contributed by atoms with Gasteiger partial charge in [0.25, 0.3) is 0 Å². The first-order valence-electron chi connectivity index (χ1n) is 4.21. The Bertz CT molecular complexity index is 238. The monoisotopic (exact) mass is 203 g/mol. The Balaban J connectivity index is 4.09. The third kappa shape index (κ3) is 5.13. The van der Waals surface area contributed by atoms with Gasteiger partial charge < -0.3 is 15.5 Å². The Kier molecular flexibility index (Phi) is 5.28. The lowest BCUT2D eigenvalue weighted by molar-refractivity contribution is -0.143. The lowest BCUT2D eigenvalue weighted by Crippen LogP contribution is -2.40. The van der Waals surface area contributed by atoms with Gasteiger partial charge >= 0.3 is 11.9 Å². The van der Waals surface area contributed by atoms with Gasteiger partial charge in [0.05, 0.1) is 0 Å². The summed E-state index contributed by atoms with van der Waals surface area (Å²) in [5.74, 6) is -2.70. The molecule has 0 saturated heterocycles. The molecule has 0 heterocycles. The minimum atomic E-state index is -1.21. The van der Waals surface area contributed by atoms with Crippen molar-refractivity contribution in [1.29, 1.82) is 0 Å². The molecule has 0 aromatic rings. The second-order valence-corrected chi connectivity index (χ2v) is 2.74. The summed E-state index contributed by atoms with van der Waals surface area (Å²) in [6, 6.07) is -1.11. The van der Waals surface area contributed by atoms with Gasteiger partial charge in [-0.05, 0) is 6.42 Å². The molecule has 0 rings (SSSR count). The number of carboxylic acid groups (broad SMARTS) is 2. The predicted octanol–water partition coefficient (Wildman–Crippen LogP) is -0.169. The third-order valence-corrected chi connectivity index (χ3v) is 1.60. The van der Waals surface area contributed by atoms with Crippen LogP contribution in [0.15, 0.2) is 0 Å². The maximum absolute atomic E-state index is 10.8. The lowest BCUT2D eigenvalue weighted by Gasteiger charge is -2.12. The minimum absolute atomic E-state index is 0.101. The van der Waals surface area contributed by atoms with Crippen LogP contribution in [0.2, 0.25) is 0 Å². The van der Waals surface area contributed by atoms with Crippen LogP contribution < -0.4 is 5.32 Å². The number of carbonyl (C=O) groups is 3. The summed E-state index contributed by atoms with van der Waals surface area (Å²) in [7, 11) is 0. The molecule has 0 spiro atoms. The van der Waals surface area contributed by atoms with Gasteiger partial charge in [-0.1, -0.05) is 6.92 Å². The second-order valence-electron chi connectivity index (χ2n) is 2.74. The summed E-state index contributed by atoms with van der Waals surface area (Å²) in [5.41, 5.74) is 0. The quantitative estimate of drug-likeness (QED) is 0.556. The number of carbonyl (C=O) groups excluding carboxylic acids is 1. The zero-order valence-corrected chi connectivity index (χ0v) is 7.82. The topological polar surface area (TPSA) is 104 Å². The molecular formula is C8H13NO5. The van der Waals surface area contributed by atoms with Gasteiger partial charge in [0.2, 0.25) is 5.91 Å². The molecule has 0 aliphatic carbocycles. The van der Waals surface area contributed by atoms with Gasteiger partial charge in [-0.2, -0.15) is 0 Å². The highest BCUT2D eigenvalue weighted by Crippen LogP contribution is 1.98. The lowest BCUT2D eigenvalue weighted by atomic mass is 10.1. The van der Waals surface area contributed by atoms with Gasteiger partial charge in [-0.15, -0.1) is 0 Å². The van der Waals surface area contributed by atoms with Crippen LogP contribution in [0.4, 0.5) is 0 Å². The highest BCUT2D eigenvalue weighted by molar-refractivity contribution is 5.83. The fraction of sp³-hybridized carbons (Fsp3) is 0.625. The first-order valence-corrected chi connectivity index (χ1v) is 4.21. The molecule has 1 atom stereocenters. The van der Waals surface area contributed by atoms with Gasteiger partial charge in [0, 0.05) is 12.8 Å². The molecule has 14 heavy (non-hydrogen) atoms. The zero-order valence-electron chi connectivity index (χ0n) is 7.82. The molecule has 0 aliphatic rings. The van der Waals surface area contributed by atoms with Crippen LogP contribution in [-0.4, -0.2) is 34.1 Å². The number of carboxylic acids is 2. The van der Waals surface area contributed by atoms with E-state index in [1.165, 1.54) is 0 Å². The molecule has 0 bridgehead atoms. The number of aliphatic carboxylic acids is 2. The summed E-state index contributed by atoms with van der Waals surface area (Å²) >= 11 is 0. The number of amides is 1. The predicted molar refractivity (Wildman–Crippen MR) is 46.7 cm³/mol. The van der Waals surface area contributed by atoms with Crippen molar-refractivity contribution in [3.63, 3.8) is 0 Å². The largest absolute Gasteiger partial charge is 0.481 e.